The molecule has 1 saturated heterocycles. The van der Waals surface area contributed by atoms with E-state index < -0.39 is 48.7 Å². The summed E-state index contributed by atoms with van der Waals surface area (Å²) in [5, 5.41) is 12.0. The molecule has 0 bridgehead atoms. The van der Waals surface area contributed by atoms with Crippen LogP contribution in [0.2, 0.25) is 18.1 Å². The van der Waals surface area contributed by atoms with Crippen LogP contribution in [0.25, 0.3) is 10.4 Å². The summed E-state index contributed by atoms with van der Waals surface area (Å²) < 4.78 is 29.2. The monoisotopic (exact) mass is 642 g/mol. The van der Waals surface area contributed by atoms with E-state index in [4.69, 9.17) is 63.6 Å². The number of benzene rings is 2. The van der Waals surface area contributed by atoms with Crippen molar-refractivity contribution in [1.82, 2.24) is 0 Å². The van der Waals surface area contributed by atoms with Crippen LogP contribution in [0.3, 0.4) is 0 Å². The van der Waals surface area contributed by atoms with Crippen molar-refractivity contribution in [3.8, 4) is 0 Å². The molecule has 0 aliphatic carbocycles. The second-order valence-electron chi connectivity index (χ2n) is 11.3. The Morgan fingerprint density at radius 3 is 2.05 bits per heavy atom. The van der Waals surface area contributed by atoms with E-state index in [9.17, 15) is 5.53 Å². The fraction of sp³-hybridized carbons (Fsp3) is 0.536. The van der Waals surface area contributed by atoms with Gasteiger partial charge < -0.3 is 23.4 Å². The number of rotatable bonds is 11. The fourth-order valence-corrected chi connectivity index (χ4v) is 5.43. The summed E-state index contributed by atoms with van der Waals surface area (Å²) in [6.45, 7) is 11.3. The van der Waals surface area contributed by atoms with Crippen molar-refractivity contribution in [3.05, 3.63) is 82.2 Å². The third-order valence-electron chi connectivity index (χ3n) is 7.21. The first-order chi connectivity index (χ1) is 19.2. The Hall–Kier alpha value is -1.85. The first-order valence-corrected chi connectivity index (χ1v) is 17.2. The molecule has 1 aliphatic heterocycles. The summed E-state index contributed by atoms with van der Waals surface area (Å²) in [6.07, 6.45) is -3.58. The maximum Gasteiger partial charge on any atom is 0.265 e. The first kappa shape index (κ1) is 33.6. The van der Waals surface area contributed by atoms with Gasteiger partial charge in [-0.25, -0.2) is 0 Å². The van der Waals surface area contributed by atoms with Gasteiger partial charge in [-0.05, 0) is 34.8 Å². The SMILES string of the molecule is CC(C)(C)[Si](C)(C)O[C@H]1[C@H](OCc2ccccc2)[C@@H](N=[N+]=[N-])[C@H](OC(=N)C(Cl)(Cl)Cl)O[C@@H]1COCc1ccccc1. The molecule has 41 heavy (non-hydrogen) atoms. The molecule has 1 N–H and O–H groups in total. The molecule has 0 unspecified atom stereocenters. The summed E-state index contributed by atoms with van der Waals surface area (Å²) in [7, 11) is -2.42. The number of nitrogens with one attached hydrogen (secondary N) is 1. The van der Waals surface area contributed by atoms with Crippen LogP contribution >= 0.6 is 34.8 Å². The summed E-state index contributed by atoms with van der Waals surface area (Å²) in [4.78, 5) is 3.03. The molecule has 0 spiro atoms. The summed E-state index contributed by atoms with van der Waals surface area (Å²) >= 11 is 17.7. The molecule has 0 aromatic heterocycles. The smallest absolute Gasteiger partial charge is 0.265 e. The van der Waals surface area contributed by atoms with Gasteiger partial charge in [-0.1, -0.05) is 121 Å². The minimum Gasteiger partial charge on any atom is -0.448 e. The van der Waals surface area contributed by atoms with Gasteiger partial charge in [0.25, 0.3) is 3.79 Å². The molecule has 1 fully saturated rings. The highest BCUT2D eigenvalue weighted by atomic mass is 35.6. The first-order valence-electron chi connectivity index (χ1n) is 13.2. The zero-order valence-electron chi connectivity index (χ0n) is 23.8. The summed E-state index contributed by atoms with van der Waals surface area (Å²) in [6, 6.07) is 18.2. The van der Waals surface area contributed by atoms with Crippen molar-refractivity contribution in [3.63, 3.8) is 0 Å². The maximum atomic E-state index is 9.52. The van der Waals surface area contributed by atoms with E-state index in [0.29, 0.717) is 6.61 Å². The highest BCUT2D eigenvalue weighted by Gasteiger charge is 2.52. The molecule has 0 saturated carbocycles. The number of ether oxygens (including phenoxy) is 4. The Kier molecular flexibility index (Phi) is 11.9. The van der Waals surface area contributed by atoms with Crippen molar-refractivity contribution >= 4 is 49.0 Å². The number of hydrogen-bond acceptors (Lipinski definition) is 7. The fourth-order valence-electron chi connectivity index (χ4n) is 3.97. The van der Waals surface area contributed by atoms with E-state index in [1.165, 1.54) is 0 Å². The van der Waals surface area contributed by atoms with Crippen LogP contribution in [0, 0.1) is 5.41 Å². The normalized spacial score (nSPS) is 23.5. The van der Waals surface area contributed by atoms with E-state index in [2.05, 4.69) is 43.9 Å². The van der Waals surface area contributed by atoms with E-state index in [-0.39, 0.29) is 18.3 Å². The van der Waals surface area contributed by atoms with Crippen LogP contribution in [-0.2, 0) is 36.6 Å². The zero-order chi connectivity index (χ0) is 30.3. The number of halogens is 3. The number of hydrogen-bond donors (Lipinski definition) is 1. The lowest BCUT2D eigenvalue weighted by Crippen LogP contribution is -2.63. The highest BCUT2D eigenvalue weighted by Crippen LogP contribution is 2.41. The topological polar surface area (TPSA) is 119 Å². The lowest BCUT2D eigenvalue weighted by atomic mass is 9.97. The Labute approximate surface area is 257 Å². The lowest BCUT2D eigenvalue weighted by Gasteiger charge is -2.49. The average Bonchev–Trinajstić information content (AvgIpc) is 2.90. The Bertz CT molecular complexity index is 1170. The van der Waals surface area contributed by atoms with Crippen molar-refractivity contribution in [2.75, 3.05) is 6.61 Å². The third kappa shape index (κ3) is 9.58. The van der Waals surface area contributed by atoms with Crippen molar-refractivity contribution in [1.29, 1.82) is 5.41 Å². The molecule has 13 heteroatoms. The number of alkyl halides is 3. The van der Waals surface area contributed by atoms with Gasteiger partial charge in [-0.3, -0.25) is 5.41 Å². The molecule has 2 aromatic carbocycles. The van der Waals surface area contributed by atoms with Gasteiger partial charge in [-0.15, -0.1) is 0 Å². The molecule has 1 aliphatic rings. The Balaban J connectivity index is 2.00. The molecular weight excluding hydrogens is 607 g/mol. The summed E-state index contributed by atoms with van der Waals surface area (Å²) in [5.74, 6) is -0.680. The summed E-state index contributed by atoms with van der Waals surface area (Å²) in [5.41, 5.74) is 11.4. The van der Waals surface area contributed by atoms with Crippen molar-refractivity contribution in [2.45, 2.75) is 86.6 Å². The van der Waals surface area contributed by atoms with Gasteiger partial charge >= 0.3 is 0 Å². The maximum absolute atomic E-state index is 9.52. The standard InChI is InChI=1S/C28H37Cl3N4O5Si/c1-27(2,3)41(4,5)40-23-21(18-36-16-19-12-8-6-9-13-19)38-25(39-26(32)28(29,30)31)22(34-35-33)24(23)37-17-20-14-10-7-11-15-20/h6-15,21-25,32H,16-18H2,1-5H3/t21-,22-,23-,24-,25+/m1/s1. The lowest BCUT2D eigenvalue weighted by molar-refractivity contribution is -0.254. The molecule has 5 atom stereocenters. The van der Waals surface area contributed by atoms with E-state index in [1.807, 2.05) is 60.7 Å². The molecule has 0 amide bonds. The second kappa shape index (κ2) is 14.6. The largest absolute Gasteiger partial charge is 0.448 e. The van der Waals surface area contributed by atoms with Crippen LogP contribution in [0.4, 0.5) is 0 Å². The van der Waals surface area contributed by atoms with Gasteiger partial charge in [-0.2, -0.15) is 0 Å². The molecular formula is C28H37Cl3N4O5Si. The van der Waals surface area contributed by atoms with Crippen LogP contribution in [0.15, 0.2) is 65.8 Å². The molecule has 9 nitrogen and oxygen atoms in total. The molecule has 1 heterocycles. The molecule has 0 radical (unpaired) electrons. The zero-order valence-corrected chi connectivity index (χ0v) is 27.1. The van der Waals surface area contributed by atoms with Crippen LogP contribution in [-0.4, -0.2) is 55.3 Å². The van der Waals surface area contributed by atoms with E-state index >= 15 is 0 Å². The Morgan fingerprint density at radius 1 is 0.976 bits per heavy atom. The van der Waals surface area contributed by atoms with Gasteiger partial charge in [0, 0.05) is 4.91 Å². The van der Waals surface area contributed by atoms with Crippen molar-refractivity contribution in [2.24, 2.45) is 5.11 Å². The number of nitrogens with zero attached hydrogens (tertiary/aromatic N) is 3. The van der Waals surface area contributed by atoms with Gasteiger partial charge in [0.05, 0.1) is 19.8 Å². The van der Waals surface area contributed by atoms with Gasteiger partial charge in [0.15, 0.2) is 8.32 Å². The van der Waals surface area contributed by atoms with Gasteiger partial charge in [0.1, 0.15) is 24.4 Å². The Morgan fingerprint density at radius 2 is 1.54 bits per heavy atom. The highest BCUT2D eigenvalue weighted by molar-refractivity contribution is 6.76. The minimum atomic E-state index is -2.42. The third-order valence-corrected chi connectivity index (χ3v) is 12.2. The van der Waals surface area contributed by atoms with Crippen LogP contribution in [0.5, 0.6) is 0 Å². The van der Waals surface area contributed by atoms with Gasteiger partial charge in [0.2, 0.25) is 12.2 Å². The van der Waals surface area contributed by atoms with Crippen LogP contribution in [0.1, 0.15) is 31.9 Å². The average molecular weight is 644 g/mol. The van der Waals surface area contributed by atoms with Crippen molar-refractivity contribution < 1.29 is 23.4 Å². The molecule has 224 valence electrons. The van der Waals surface area contributed by atoms with Crippen LogP contribution < -0.4 is 0 Å². The number of azide groups is 1. The minimum absolute atomic E-state index is 0.101. The second-order valence-corrected chi connectivity index (χ2v) is 18.3. The quantitative estimate of drug-likeness (QED) is 0.0507. The van der Waals surface area contributed by atoms with E-state index in [0.717, 1.165) is 11.1 Å². The van der Waals surface area contributed by atoms with E-state index in [1.54, 1.807) is 0 Å². The molecule has 2 aromatic rings. The predicted molar refractivity (Wildman–Crippen MR) is 164 cm³/mol. The predicted octanol–water partition coefficient (Wildman–Crippen LogP) is 7.95. The molecule has 3 rings (SSSR count).